The molecule has 0 aromatic heterocycles. The van der Waals surface area contributed by atoms with E-state index in [0.717, 1.165) is 16.3 Å². The number of fused-ring (bicyclic) bond motifs is 2. The molecule has 2 amide bonds. The Kier molecular flexibility index (Phi) is 7.60. The summed E-state index contributed by atoms with van der Waals surface area (Å²) in [6.45, 7) is 5.68. The third kappa shape index (κ3) is 4.50. The van der Waals surface area contributed by atoms with Crippen LogP contribution in [0.3, 0.4) is 0 Å². The summed E-state index contributed by atoms with van der Waals surface area (Å²) in [5.41, 5.74) is 0.398. The summed E-state index contributed by atoms with van der Waals surface area (Å²) >= 11 is 0. The van der Waals surface area contributed by atoms with Gasteiger partial charge in [-0.25, -0.2) is 0 Å². The first-order chi connectivity index (χ1) is 20.4. The molecule has 8 heteroatoms. The van der Waals surface area contributed by atoms with E-state index in [1.807, 2.05) is 72.8 Å². The molecule has 3 heterocycles. The highest BCUT2D eigenvalue weighted by Gasteiger charge is 2.75. The topological polar surface area (TPSA) is 96.4 Å². The Labute approximate surface area is 245 Å². The van der Waals surface area contributed by atoms with Gasteiger partial charge in [-0.2, -0.15) is 0 Å². The van der Waals surface area contributed by atoms with Crippen molar-refractivity contribution in [2.75, 3.05) is 24.7 Å². The Bertz CT molecular complexity index is 1510. The van der Waals surface area contributed by atoms with Crippen molar-refractivity contribution in [1.82, 2.24) is 4.90 Å². The van der Waals surface area contributed by atoms with Crippen LogP contribution in [0.15, 0.2) is 85.5 Å². The maximum absolute atomic E-state index is 14.8. The predicted octanol–water partition coefficient (Wildman–Crippen LogP) is 3.90. The zero-order valence-corrected chi connectivity index (χ0v) is 23.7. The van der Waals surface area contributed by atoms with Gasteiger partial charge in [0.1, 0.15) is 11.6 Å². The van der Waals surface area contributed by atoms with Crippen molar-refractivity contribution in [3.8, 4) is 0 Å². The lowest BCUT2D eigenvalue weighted by atomic mass is 9.70. The average molecular weight is 569 g/mol. The lowest BCUT2D eigenvalue weighted by Crippen LogP contribution is -2.59. The summed E-state index contributed by atoms with van der Waals surface area (Å²) in [6.07, 6.45) is 2.52. The summed E-state index contributed by atoms with van der Waals surface area (Å²) in [6, 6.07) is 21.6. The molecule has 1 N–H and O–H groups in total. The molecule has 1 spiro atoms. The highest BCUT2D eigenvalue weighted by Crippen LogP contribution is 2.59. The van der Waals surface area contributed by atoms with Gasteiger partial charge in [0.2, 0.25) is 5.91 Å². The number of esters is 1. The minimum atomic E-state index is -1.20. The van der Waals surface area contributed by atoms with E-state index >= 15 is 0 Å². The van der Waals surface area contributed by atoms with Crippen LogP contribution in [0.5, 0.6) is 0 Å². The van der Waals surface area contributed by atoms with E-state index in [9.17, 15) is 19.5 Å². The predicted molar refractivity (Wildman–Crippen MR) is 159 cm³/mol. The maximum atomic E-state index is 14.8. The smallest absolute Gasteiger partial charge is 0.312 e. The molecule has 2 unspecified atom stereocenters. The number of carbonyl (C=O) groups excluding carboxylic acids is 3. The summed E-state index contributed by atoms with van der Waals surface area (Å²) in [4.78, 5) is 45.6. The molecule has 3 saturated heterocycles. The number of hydrogen-bond acceptors (Lipinski definition) is 6. The molecule has 3 aromatic rings. The highest BCUT2D eigenvalue weighted by atomic mass is 16.6. The van der Waals surface area contributed by atoms with Crippen LogP contribution >= 0.6 is 0 Å². The maximum Gasteiger partial charge on any atom is 0.312 e. The van der Waals surface area contributed by atoms with Crippen molar-refractivity contribution in [3.63, 3.8) is 0 Å². The number of carbonyl (C=O) groups is 3. The van der Waals surface area contributed by atoms with Gasteiger partial charge in [-0.15, -0.1) is 6.58 Å². The molecule has 3 aliphatic rings. The van der Waals surface area contributed by atoms with Gasteiger partial charge in [0, 0.05) is 12.2 Å². The van der Waals surface area contributed by atoms with E-state index in [-0.39, 0.29) is 31.6 Å². The van der Waals surface area contributed by atoms with Gasteiger partial charge in [0.05, 0.1) is 37.2 Å². The summed E-state index contributed by atoms with van der Waals surface area (Å²) < 4.78 is 12.0. The molecule has 6 rings (SSSR count). The first-order valence-corrected chi connectivity index (χ1v) is 14.7. The Hall–Kier alpha value is -4.01. The second-order valence-electron chi connectivity index (χ2n) is 11.3. The molecular formula is C34H36N2O6. The molecule has 6 atom stereocenters. The van der Waals surface area contributed by atoms with Gasteiger partial charge in [0.15, 0.2) is 0 Å². The number of aliphatic hydroxyl groups excluding tert-OH is 1. The molecule has 8 nitrogen and oxygen atoms in total. The van der Waals surface area contributed by atoms with Crippen molar-refractivity contribution in [2.24, 2.45) is 11.8 Å². The molecule has 3 fully saturated rings. The van der Waals surface area contributed by atoms with Crippen molar-refractivity contribution in [3.05, 3.63) is 91.0 Å². The van der Waals surface area contributed by atoms with E-state index in [4.69, 9.17) is 9.47 Å². The van der Waals surface area contributed by atoms with Crippen LogP contribution in [0, 0.1) is 11.8 Å². The van der Waals surface area contributed by atoms with Crippen molar-refractivity contribution >= 4 is 34.2 Å². The normalized spacial score (nSPS) is 26.7. The fraction of sp³-hybridized carbons (Fsp3) is 0.382. The van der Waals surface area contributed by atoms with Crippen LogP contribution in [0.1, 0.15) is 25.3 Å². The molecule has 3 aromatic carbocycles. The van der Waals surface area contributed by atoms with Crippen molar-refractivity contribution < 1.29 is 29.0 Å². The fourth-order valence-corrected chi connectivity index (χ4v) is 7.35. The van der Waals surface area contributed by atoms with Gasteiger partial charge in [-0.3, -0.25) is 14.4 Å². The zero-order chi connectivity index (χ0) is 29.4. The molecule has 3 aliphatic heterocycles. The Morgan fingerprint density at radius 3 is 2.60 bits per heavy atom. The van der Waals surface area contributed by atoms with Gasteiger partial charge < -0.3 is 24.4 Å². The van der Waals surface area contributed by atoms with Gasteiger partial charge in [-0.05, 0) is 54.7 Å². The monoisotopic (exact) mass is 568 g/mol. The molecule has 0 saturated carbocycles. The number of nitrogens with zero attached hydrogens (tertiary/aromatic N) is 2. The second kappa shape index (κ2) is 11.3. The standard InChI is InChI=1S/C34H36N2O6/c1-3-18-35(25-15-14-23-12-8-9-13-24(23)20-25)32(39)30-34-17-16-27(42-34)28(33(40)41-4-2)29(34)31(38)36(30)26(21-37)19-22-10-6-5-7-11-22/h3,5-15,20,26-30,37H,1,4,16-19,21H2,2H3/t26-,27-,28+,29+,30?,34?/m1/s1. The quantitative estimate of drug-likeness (QED) is 0.295. The first kappa shape index (κ1) is 28.1. The number of anilines is 1. The Morgan fingerprint density at radius 2 is 1.88 bits per heavy atom. The second-order valence-corrected chi connectivity index (χ2v) is 11.3. The SMILES string of the molecule is C=CCN(C(=O)C1N([C@@H](CO)Cc2ccccc2)C(=O)[C@@H]2[C@@H](C(=O)OCC)[C@H]3CCC12O3)c1ccc2ccccc2c1. The molecule has 2 bridgehead atoms. The van der Waals surface area contributed by atoms with Gasteiger partial charge in [-0.1, -0.05) is 66.7 Å². The number of hydrogen-bond donors (Lipinski definition) is 1. The van der Waals surface area contributed by atoms with E-state index in [1.54, 1.807) is 17.9 Å². The molecule has 42 heavy (non-hydrogen) atoms. The van der Waals surface area contributed by atoms with E-state index in [2.05, 4.69) is 6.58 Å². The molecule has 0 aliphatic carbocycles. The third-order valence-electron chi connectivity index (χ3n) is 9.07. The summed E-state index contributed by atoms with van der Waals surface area (Å²) in [5.74, 6) is -2.80. The highest BCUT2D eigenvalue weighted by molar-refractivity contribution is 6.05. The zero-order valence-electron chi connectivity index (χ0n) is 23.7. The number of ether oxygens (including phenoxy) is 2. The number of aliphatic hydroxyl groups is 1. The number of benzene rings is 3. The third-order valence-corrected chi connectivity index (χ3v) is 9.07. The van der Waals surface area contributed by atoms with E-state index in [1.165, 1.54) is 4.90 Å². The Morgan fingerprint density at radius 1 is 1.14 bits per heavy atom. The number of amides is 2. The molecule has 0 radical (unpaired) electrons. The minimum Gasteiger partial charge on any atom is -0.466 e. The van der Waals surface area contributed by atoms with Crippen LogP contribution in [-0.2, 0) is 30.3 Å². The summed E-state index contributed by atoms with van der Waals surface area (Å²) in [5, 5.41) is 12.7. The number of rotatable bonds is 10. The molecular weight excluding hydrogens is 532 g/mol. The van der Waals surface area contributed by atoms with Crippen molar-refractivity contribution in [1.29, 1.82) is 0 Å². The Balaban J connectivity index is 1.45. The van der Waals surface area contributed by atoms with Gasteiger partial charge in [0.25, 0.3) is 5.91 Å². The largest absolute Gasteiger partial charge is 0.466 e. The fourth-order valence-electron chi connectivity index (χ4n) is 7.35. The van der Waals surface area contributed by atoms with E-state index < -0.39 is 41.6 Å². The lowest BCUT2D eigenvalue weighted by Gasteiger charge is -2.39. The van der Waals surface area contributed by atoms with Crippen LogP contribution < -0.4 is 4.90 Å². The van der Waals surface area contributed by atoms with Gasteiger partial charge >= 0.3 is 5.97 Å². The summed E-state index contributed by atoms with van der Waals surface area (Å²) in [7, 11) is 0. The van der Waals surface area contributed by atoms with E-state index in [0.29, 0.717) is 24.9 Å². The lowest BCUT2D eigenvalue weighted by molar-refractivity contribution is -0.155. The minimum absolute atomic E-state index is 0.185. The van der Waals surface area contributed by atoms with Crippen LogP contribution in [0.2, 0.25) is 0 Å². The van der Waals surface area contributed by atoms with Crippen LogP contribution in [0.4, 0.5) is 5.69 Å². The van der Waals surface area contributed by atoms with Crippen LogP contribution in [-0.4, -0.2) is 71.3 Å². The van der Waals surface area contributed by atoms with Crippen molar-refractivity contribution in [2.45, 2.75) is 50.0 Å². The first-order valence-electron chi connectivity index (χ1n) is 14.7. The molecule has 218 valence electrons. The van der Waals surface area contributed by atoms with Crippen LogP contribution in [0.25, 0.3) is 10.8 Å². The average Bonchev–Trinajstić information content (AvgIpc) is 3.66. The number of likely N-dealkylation sites (tertiary alicyclic amines) is 1.